The summed E-state index contributed by atoms with van der Waals surface area (Å²) >= 11 is 0.250. The van der Waals surface area contributed by atoms with Gasteiger partial charge in [-0.25, -0.2) is 0 Å². The summed E-state index contributed by atoms with van der Waals surface area (Å²) < 4.78 is 9.27. The van der Waals surface area contributed by atoms with Crippen LogP contribution >= 0.6 is 0 Å². The molecule has 0 amide bonds. The molecule has 1 aliphatic heterocycles. The minimum absolute atomic E-state index is 0.250. The maximum atomic E-state index is 6.48. The molecule has 3 aromatic carbocycles. The fraction of sp³-hybridized carbons (Fsp3) is 0.200. The Bertz CT molecular complexity index is 1220. The molecule has 6 rings (SSSR count). The van der Waals surface area contributed by atoms with E-state index in [0.717, 1.165) is 17.9 Å². The SMILES string of the molecule is Cc1ccc(N2c3ccccc3[Se]c3c2oc2ccccc32)c2c1CCCC2. The van der Waals surface area contributed by atoms with Crippen LogP contribution in [0.1, 0.15) is 29.5 Å². The molecule has 0 fully saturated rings. The van der Waals surface area contributed by atoms with E-state index in [0.29, 0.717) is 0 Å². The minimum atomic E-state index is 0.250. The first kappa shape index (κ1) is 16.5. The maximum absolute atomic E-state index is 6.48. The molecule has 0 spiro atoms. The van der Waals surface area contributed by atoms with Crippen molar-refractivity contribution in [2.24, 2.45) is 0 Å². The van der Waals surface area contributed by atoms with Gasteiger partial charge in [0.15, 0.2) is 0 Å². The second-order valence-corrected chi connectivity index (χ2v) is 9.91. The summed E-state index contributed by atoms with van der Waals surface area (Å²) in [5, 5.41) is 1.26. The summed E-state index contributed by atoms with van der Waals surface area (Å²) in [7, 11) is 0. The first-order valence-electron chi connectivity index (χ1n) is 10.0. The van der Waals surface area contributed by atoms with Crippen molar-refractivity contribution in [3.63, 3.8) is 0 Å². The number of hydrogen-bond donors (Lipinski definition) is 0. The van der Waals surface area contributed by atoms with E-state index in [1.165, 1.54) is 56.1 Å². The Balaban J connectivity index is 1.66. The third-order valence-corrected chi connectivity index (χ3v) is 8.48. The Labute approximate surface area is 171 Å². The molecule has 0 unspecified atom stereocenters. The molecule has 2 aliphatic rings. The van der Waals surface area contributed by atoms with Crippen LogP contribution in [0, 0.1) is 6.92 Å². The molecule has 1 aliphatic carbocycles. The Morgan fingerprint density at radius 1 is 0.821 bits per heavy atom. The number of anilines is 3. The van der Waals surface area contributed by atoms with Crippen molar-refractivity contribution in [2.75, 3.05) is 4.90 Å². The first-order chi connectivity index (χ1) is 13.8. The van der Waals surface area contributed by atoms with Crippen molar-refractivity contribution < 1.29 is 4.42 Å². The van der Waals surface area contributed by atoms with Crippen LogP contribution in [0.25, 0.3) is 11.0 Å². The predicted molar refractivity (Wildman–Crippen MR) is 117 cm³/mol. The van der Waals surface area contributed by atoms with Crippen molar-refractivity contribution in [2.45, 2.75) is 32.6 Å². The van der Waals surface area contributed by atoms with Gasteiger partial charge in [0, 0.05) is 0 Å². The average molecular weight is 430 g/mol. The van der Waals surface area contributed by atoms with E-state index >= 15 is 0 Å². The third-order valence-electron chi connectivity index (χ3n) is 6.04. The van der Waals surface area contributed by atoms with Gasteiger partial charge in [-0.3, -0.25) is 0 Å². The Kier molecular flexibility index (Phi) is 3.69. The third kappa shape index (κ3) is 2.33. The molecule has 28 heavy (non-hydrogen) atoms. The summed E-state index contributed by atoms with van der Waals surface area (Å²) in [5.41, 5.74) is 8.08. The molecule has 4 aromatic rings. The van der Waals surface area contributed by atoms with Crippen LogP contribution < -0.4 is 13.8 Å². The number of benzene rings is 3. The summed E-state index contributed by atoms with van der Waals surface area (Å²) in [4.78, 5) is 2.40. The van der Waals surface area contributed by atoms with Gasteiger partial charge in [0.05, 0.1) is 0 Å². The number of rotatable bonds is 1. The molecule has 0 N–H and O–H groups in total. The van der Waals surface area contributed by atoms with E-state index in [4.69, 9.17) is 4.42 Å². The van der Waals surface area contributed by atoms with E-state index < -0.39 is 0 Å². The van der Waals surface area contributed by atoms with E-state index in [-0.39, 0.29) is 15.0 Å². The first-order valence-corrected chi connectivity index (χ1v) is 11.7. The van der Waals surface area contributed by atoms with Crippen molar-refractivity contribution in [3.8, 4) is 0 Å². The zero-order valence-corrected chi connectivity index (χ0v) is 17.6. The van der Waals surface area contributed by atoms with E-state index in [9.17, 15) is 0 Å². The fourth-order valence-electron chi connectivity index (χ4n) is 4.68. The molecule has 1 aromatic heterocycles. The van der Waals surface area contributed by atoms with Gasteiger partial charge in [-0.15, -0.1) is 0 Å². The average Bonchev–Trinajstić information content (AvgIpc) is 3.11. The fourth-order valence-corrected chi connectivity index (χ4v) is 7.05. The van der Waals surface area contributed by atoms with Crippen LogP contribution in [0.15, 0.2) is 65.1 Å². The van der Waals surface area contributed by atoms with Crippen molar-refractivity contribution in [1.29, 1.82) is 0 Å². The Morgan fingerprint density at radius 2 is 1.61 bits per heavy atom. The van der Waals surface area contributed by atoms with Gasteiger partial charge in [-0.05, 0) is 0 Å². The van der Waals surface area contributed by atoms with Gasteiger partial charge < -0.3 is 0 Å². The normalized spacial score (nSPS) is 15.2. The zero-order chi connectivity index (χ0) is 18.7. The second-order valence-electron chi connectivity index (χ2n) is 7.70. The molecule has 138 valence electrons. The van der Waals surface area contributed by atoms with Crippen LogP contribution in [-0.2, 0) is 12.8 Å². The summed E-state index contributed by atoms with van der Waals surface area (Å²) in [6, 6.07) is 21.9. The number of fused-ring (bicyclic) bond motifs is 5. The summed E-state index contributed by atoms with van der Waals surface area (Å²) in [6.45, 7) is 2.26. The van der Waals surface area contributed by atoms with Crippen LogP contribution in [-0.4, -0.2) is 15.0 Å². The molecule has 2 heterocycles. The van der Waals surface area contributed by atoms with Gasteiger partial charge >= 0.3 is 171 Å². The van der Waals surface area contributed by atoms with Crippen LogP contribution in [0.2, 0.25) is 0 Å². The van der Waals surface area contributed by atoms with Crippen molar-refractivity contribution in [3.05, 3.63) is 77.4 Å². The molecule has 0 atom stereocenters. The number of para-hydroxylation sites is 2. The van der Waals surface area contributed by atoms with Gasteiger partial charge in [-0.2, -0.15) is 0 Å². The van der Waals surface area contributed by atoms with Crippen molar-refractivity contribution in [1.82, 2.24) is 0 Å². The molecular formula is C25H21NOSe. The van der Waals surface area contributed by atoms with Crippen LogP contribution in [0.5, 0.6) is 0 Å². The zero-order valence-electron chi connectivity index (χ0n) is 15.9. The van der Waals surface area contributed by atoms with Gasteiger partial charge in [0.1, 0.15) is 0 Å². The quantitative estimate of drug-likeness (QED) is 0.346. The summed E-state index contributed by atoms with van der Waals surface area (Å²) in [6.07, 6.45) is 4.93. The van der Waals surface area contributed by atoms with E-state index in [2.05, 4.69) is 72.5 Å². The Morgan fingerprint density at radius 3 is 2.54 bits per heavy atom. The monoisotopic (exact) mass is 431 g/mol. The molecule has 2 nitrogen and oxygen atoms in total. The number of hydrogen-bond acceptors (Lipinski definition) is 2. The standard InChI is InChI=1S/C25H21NOSe/c1-16-14-15-20(18-9-3-2-8-17(16)18)26-21-11-5-7-13-23(21)28-24-19-10-4-6-12-22(19)27-25(24)26/h4-7,10-15H,2-3,8-9H2,1H3. The van der Waals surface area contributed by atoms with E-state index in [1.54, 1.807) is 5.56 Å². The molecule has 0 saturated heterocycles. The second kappa shape index (κ2) is 6.27. The van der Waals surface area contributed by atoms with Crippen LogP contribution in [0.4, 0.5) is 17.3 Å². The molecule has 0 radical (unpaired) electrons. The van der Waals surface area contributed by atoms with Gasteiger partial charge in [-0.1, -0.05) is 0 Å². The number of nitrogens with zero attached hydrogens (tertiary/aromatic N) is 1. The van der Waals surface area contributed by atoms with Gasteiger partial charge in [0.2, 0.25) is 0 Å². The molecule has 0 saturated carbocycles. The summed E-state index contributed by atoms with van der Waals surface area (Å²) in [5.74, 6) is 1.02. The molecular weight excluding hydrogens is 409 g/mol. The van der Waals surface area contributed by atoms with Gasteiger partial charge in [0.25, 0.3) is 0 Å². The molecule has 0 bridgehead atoms. The Hall–Kier alpha value is -2.48. The van der Waals surface area contributed by atoms with Crippen LogP contribution in [0.3, 0.4) is 0 Å². The predicted octanol–water partition coefficient (Wildman–Crippen LogP) is 5.06. The van der Waals surface area contributed by atoms with E-state index in [1.807, 2.05) is 0 Å². The number of furan rings is 1. The topological polar surface area (TPSA) is 16.4 Å². The van der Waals surface area contributed by atoms with Crippen molar-refractivity contribution >= 4 is 52.1 Å². The molecule has 3 heteroatoms. The number of aryl methyl sites for hydroxylation is 1.